The number of nitrogens with one attached hydrogen (secondary N) is 2. The van der Waals surface area contributed by atoms with E-state index in [-0.39, 0.29) is 17.2 Å². The highest BCUT2D eigenvalue weighted by Crippen LogP contribution is 2.31. The third-order valence-corrected chi connectivity index (χ3v) is 5.93. The Labute approximate surface area is 176 Å². The molecule has 1 heterocycles. The Morgan fingerprint density at radius 3 is 2.57 bits per heavy atom. The molecule has 4 rings (SSSR count). The number of likely N-dealkylation sites (tertiary alicyclic amines) is 1. The lowest BCUT2D eigenvalue weighted by atomic mass is 10.0. The maximum absolute atomic E-state index is 12.6. The van der Waals surface area contributed by atoms with Crippen LogP contribution in [0.1, 0.15) is 54.9 Å². The van der Waals surface area contributed by atoms with E-state index in [0.29, 0.717) is 23.5 Å². The SMILES string of the molecule is CC1CCCCN1Cc1ccc(NC(=O)c2ccc(NC3CC3)c([N+](=O)[O-])c2)cc1. The minimum Gasteiger partial charge on any atom is -0.377 e. The number of carbonyl (C=O) groups is 1. The summed E-state index contributed by atoms with van der Waals surface area (Å²) in [4.78, 5) is 26.1. The van der Waals surface area contributed by atoms with Crippen LogP contribution in [0.4, 0.5) is 17.1 Å². The molecule has 1 aliphatic carbocycles. The molecule has 1 amide bonds. The molecule has 2 aliphatic rings. The van der Waals surface area contributed by atoms with Gasteiger partial charge in [0.15, 0.2) is 0 Å². The highest BCUT2D eigenvalue weighted by atomic mass is 16.6. The number of amides is 1. The maximum atomic E-state index is 12.6. The highest BCUT2D eigenvalue weighted by Gasteiger charge is 2.25. The van der Waals surface area contributed by atoms with Crippen LogP contribution in [0, 0.1) is 10.1 Å². The summed E-state index contributed by atoms with van der Waals surface area (Å²) in [5, 5.41) is 17.4. The number of benzene rings is 2. The summed E-state index contributed by atoms with van der Waals surface area (Å²) in [6.07, 6.45) is 5.84. The molecule has 2 aromatic carbocycles. The van der Waals surface area contributed by atoms with Crippen molar-refractivity contribution in [2.45, 2.75) is 57.7 Å². The Bertz CT molecular complexity index is 925. The predicted molar refractivity (Wildman–Crippen MR) is 118 cm³/mol. The molecular formula is C23H28N4O3. The molecule has 1 atom stereocenters. The first kappa shape index (κ1) is 20.3. The second-order valence-corrected chi connectivity index (χ2v) is 8.37. The van der Waals surface area contributed by atoms with Crippen LogP contribution in [-0.4, -0.2) is 34.4 Å². The minimum atomic E-state index is -0.447. The van der Waals surface area contributed by atoms with Crippen LogP contribution in [0.5, 0.6) is 0 Å². The molecule has 0 spiro atoms. The van der Waals surface area contributed by atoms with Crippen molar-refractivity contribution in [1.29, 1.82) is 0 Å². The van der Waals surface area contributed by atoms with E-state index in [1.165, 1.54) is 30.9 Å². The fourth-order valence-corrected chi connectivity index (χ4v) is 3.92. The lowest BCUT2D eigenvalue weighted by Crippen LogP contribution is -2.36. The second-order valence-electron chi connectivity index (χ2n) is 8.37. The Kier molecular flexibility index (Phi) is 5.99. The summed E-state index contributed by atoms with van der Waals surface area (Å²) < 4.78 is 0. The van der Waals surface area contributed by atoms with Crippen molar-refractivity contribution in [3.8, 4) is 0 Å². The summed E-state index contributed by atoms with van der Waals surface area (Å²) in [6.45, 7) is 4.32. The van der Waals surface area contributed by atoms with E-state index in [4.69, 9.17) is 0 Å². The first-order chi connectivity index (χ1) is 14.5. The summed E-state index contributed by atoms with van der Waals surface area (Å²) in [6, 6.07) is 13.3. The molecule has 7 nitrogen and oxygen atoms in total. The van der Waals surface area contributed by atoms with E-state index in [1.807, 2.05) is 24.3 Å². The molecule has 0 aromatic heterocycles. The number of anilines is 2. The average molecular weight is 409 g/mol. The quantitative estimate of drug-likeness (QED) is 0.508. The monoisotopic (exact) mass is 408 g/mol. The lowest BCUT2D eigenvalue weighted by molar-refractivity contribution is -0.384. The lowest BCUT2D eigenvalue weighted by Gasteiger charge is -2.33. The Balaban J connectivity index is 1.40. The van der Waals surface area contributed by atoms with E-state index in [1.54, 1.807) is 12.1 Å². The predicted octanol–water partition coefficient (Wildman–Crippen LogP) is 4.80. The molecule has 1 aliphatic heterocycles. The summed E-state index contributed by atoms with van der Waals surface area (Å²) in [7, 11) is 0. The number of nitro groups is 1. The molecule has 7 heteroatoms. The first-order valence-electron chi connectivity index (χ1n) is 10.7. The van der Waals surface area contributed by atoms with Crippen LogP contribution >= 0.6 is 0 Å². The normalized spacial score (nSPS) is 19.3. The Morgan fingerprint density at radius 2 is 1.90 bits per heavy atom. The van der Waals surface area contributed by atoms with Gasteiger partial charge in [-0.05, 0) is 69.0 Å². The van der Waals surface area contributed by atoms with Gasteiger partial charge in [0.25, 0.3) is 11.6 Å². The van der Waals surface area contributed by atoms with Gasteiger partial charge < -0.3 is 10.6 Å². The van der Waals surface area contributed by atoms with Crippen LogP contribution in [0.2, 0.25) is 0 Å². The third-order valence-electron chi connectivity index (χ3n) is 5.93. The van der Waals surface area contributed by atoms with Crippen molar-refractivity contribution in [3.63, 3.8) is 0 Å². The van der Waals surface area contributed by atoms with Gasteiger partial charge in [0.1, 0.15) is 5.69 Å². The Morgan fingerprint density at radius 1 is 1.13 bits per heavy atom. The molecule has 2 fully saturated rings. The number of hydrogen-bond donors (Lipinski definition) is 2. The molecule has 0 bridgehead atoms. The van der Waals surface area contributed by atoms with Gasteiger partial charge in [0, 0.05) is 35.9 Å². The molecule has 1 unspecified atom stereocenters. The molecule has 2 aromatic rings. The van der Waals surface area contributed by atoms with Crippen molar-refractivity contribution < 1.29 is 9.72 Å². The van der Waals surface area contributed by atoms with E-state index in [2.05, 4.69) is 22.5 Å². The summed E-state index contributed by atoms with van der Waals surface area (Å²) in [5.41, 5.74) is 2.57. The van der Waals surface area contributed by atoms with Gasteiger partial charge >= 0.3 is 0 Å². The van der Waals surface area contributed by atoms with Crippen LogP contribution in [-0.2, 0) is 6.54 Å². The van der Waals surface area contributed by atoms with E-state index in [9.17, 15) is 14.9 Å². The molecule has 1 saturated carbocycles. The number of piperidine rings is 1. The van der Waals surface area contributed by atoms with Gasteiger partial charge in [-0.3, -0.25) is 19.8 Å². The number of rotatable bonds is 7. The van der Waals surface area contributed by atoms with E-state index >= 15 is 0 Å². The number of hydrogen-bond acceptors (Lipinski definition) is 5. The van der Waals surface area contributed by atoms with Gasteiger partial charge in [0.05, 0.1) is 4.92 Å². The van der Waals surface area contributed by atoms with Crippen molar-refractivity contribution in [3.05, 3.63) is 63.7 Å². The fourth-order valence-electron chi connectivity index (χ4n) is 3.92. The van der Waals surface area contributed by atoms with Crippen LogP contribution < -0.4 is 10.6 Å². The van der Waals surface area contributed by atoms with Crippen LogP contribution in [0.15, 0.2) is 42.5 Å². The molecule has 30 heavy (non-hydrogen) atoms. The van der Waals surface area contributed by atoms with E-state index in [0.717, 1.165) is 25.9 Å². The number of carbonyl (C=O) groups excluding carboxylic acids is 1. The smallest absolute Gasteiger partial charge is 0.293 e. The van der Waals surface area contributed by atoms with Crippen molar-refractivity contribution in [2.75, 3.05) is 17.2 Å². The average Bonchev–Trinajstić information content (AvgIpc) is 3.55. The van der Waals surface area contributed by atoms with Crippen molar-refractivity contribution in [1.82, 2.24) is 4.90 Å². The van der Waals surface area contributed by atoms with Crippen molar-refractivity contribution in [2.24, 2.45) is 0 Å². The number of nitro benzene ring substituents is 1. The van der Waals surface area contributed by atoms with Crippen molar-refractivity contribution >= 4 is 23.0 Å². The fraction of sp³-hybridized carbons (Fsp3) is 0.435. The Hall–Kier alpha value is -2.93. The van der Waals surface area contributed by atoms with Gasteiger partial charge in [-0.25, -0.2) is 0 Å². The molecular weight excluding hydrogens is 380 g/mol. The minimum absolute atomic E-state index is 0.0689. The van der Waals surface area contributed by atoms with Gasteiger partial charge in [0.2, 0.25) is 0 Å². The second kappa shape index (κ2) is 8.83. The maximum Gasteiger partial charge on any atom is 0.293 e. The van der Waals surface area contributed by atoms with Gasteiger partial charge in [-0.1, -0.05) is 18.6 Å². The van der Waals surface area contributed by atoms with E-state index < -0.39 is 4.92 Å². The highest BCUT2D eigenvalue weighted by molar-refractivity contribution is 6.05. The zero-order valence-electron chi connectivity index (χ0n) is 17.3. The third kappa shape index (κ3) is 4.97. The van der Waals surface area contributed by atoms with Crippen LogP contribution in [0.3, 0.4) is 0 Å². The largest absolute Gasteiger partial charge is 0.377 e. The zero-order valence-corrected chi connectivity index (χ0v) is 17.3. The van der Waals surface area contributed by atoms with Crippen LogP contribution in [0.25, 0.3) is 0 Å². The van der Waals surface area contributed by atoms with Gasteiger partial charge in [-0.15, -0.1) is 0 Å². The topological polar surface area (TPSA) is 87.5 Å². The molecule has 158 valence electrons. The number of nitrogens with zero attached hydrogens (tertiary/aromatic N) is 2. The first-order valence-corrected chi connectivity index (χ1v) is 10.7. The van der Waals surface area contributed by atoms with Gasteiger partial charge in [-0.2, -0.15) is 0 Å². The molecule has 0 radical (unpaired) electrons. The standard InChI is InChI=1S/C23H28N4O3/c1-16-4-2-3-13-26(16)15-17-5-8-20(9-6-17)25-23(28)18-7-12-21(24-19-10-11-19)22(14-18)27(29)30/h5-9,12,14,16,19,24H,2-4,10-11,13,15H2,1H3,(H,25,28). The zero-order chi connectivity index (χ0) is 21.1. The molecule has 2 N–H and O–H groups in total. The molecule has 1 saturated heterocycles. The summed E-state index contributed by atoms with van der Waals surface area (Å²) >= 11 is 0. The summed E-state index contributed by atoms with van der Waals surface area (Å²) in [5.74, 6) is -0.353.